The average Bonchev–Trinajstić information content (AvgIpc) is 3.23. The molecule has 6 nitrogen and oxygen atoms in total. The van der Waals surface area contributed by atoms with E-state index in [1.807, 2.05) is 48.5 Å². The molecule has 4 aromatic rings. The SMILES string of the molecule is O=C(Nc1cccc2cccnc12)c1cccc(C(=O)N2CCc3ccccc32)n1. The molecule has 3 heterocycles. The molecule has 0 saturated heterocycles. The second-order valence-corrected chi connectivity index (χ2v) is 7.08. The molecule has 0 radical (unpaired) electrons. The molecule has 2 aromatic heterocycles. The molecule has 1 aliphatic rings. The van der Waals surface area contributed by atoms with Crippen LogP contribution in [0.25, 0.3) is 10.9 Å². The summed E-state index contributed by atoms with van der Waals surface area (Å²) in [6, 6.07) is 22.1. The molecule has 1 aliphatic heterocycles. The Morgan fingerprint density at radius 1 is 0.867 bits per heavy atom. The van der Waals surface area contributed by atoms with Gasteiger partial charge in [-0.3, -0.25) is 14.6 Å². The van der Waals surface area contributed by atoms with Crippen LogP contribution in [0.2, 0.25) is 0 Å². The zero-order valence-corrected chi connectivity index (χ0v) is 16.1. The van der Waals surface area contributed by atoms with Crippen molar-refractivity contribution in [3.8, 4) is 0 Å². The number of benzene rings is 2. The third-order valence-corrected chi connectivity index (χ3v) is 5.21. The van der Waals surface area contributed by atoms with Gasteiger partial charge in [-0.1, -0.05) is 42.5 Å². The van der Waals surface area contributed by atoms with Crippen molar-refractivity contribution in [2.45, 2.75) is 6.42 Å². The van der Waals surface area contributed by atoms with Gasteiger partial charge in [-0.2, -0.15) is 0 Å². The number of aromatic nitrogens is 2. The molecule has 0 saturated carbocycles. The summed E-state index contributed by atoms with van der Waals surface area (Å²) in [7, 11) is 0. The van der Waals surface area contributed by atoms with Crippen LogP contribution in [0.1, 0.15) is 26.5 Å². The molecular weight excluding hydrogens is 376 g/mol. The Balaban J connectivity index is 1.41. The lowest BCUT2D eigenvalue weighted by Crippen LogP contribution is -2.30. The van der Waals surface area contributed by atoms with E-state index >= 15 is 0 Å². The Bertz CT molecular complexity index is 1280. The van der Waals surface area contributed by atoms with Crippen molar-refractivity contribution in [3.63, 3.8) is 0 Å². The fraction of sp³-hybridized carbons (Fsp3) is 0.0833. The lowest BCUT2D eigenvalue weighted by molar-refractivity contribution is 0.0984. The maximum Gasteiger partial charge on any atom is 0.276 e. The number of hydrogen-bond acceptors (Lipinski definition) is 4. The number of nitrogens with one attached hydrogen (secondary N) is 1. The van der Waals surface area contributed by atoms with Crippen LogP contribution in [-0.4, -0.2) is 28.3 Å². The van der Waals surface area contributed by atoms with Crippen molar-refractivity contribution in [1.82, 2.24) is 9.97 Å². The molecule has 0 bridgehead atoms. The summed E-state index contributed by atoms with van der Waals surface area (Å²) in [6.07, 6.45) is 2.50. The number of carbonyl (C=O) groups excluding carboxylic acids is 2. The van der Waals surface area contributed by atoms with Crippen molar-refractivity contribution in [2.24, 2.45) is 0 Å². The highest BCUT2D eigenvalue weighted by Crippen LogP contribution is 2.28. The van der Waals surface area contributed by atoms with Crippen LogP contribution < -0.4 is 10.2 Å². The second kappa shape index (κ2) is 7.40. The minimum Gasteiger partial charge on any atom is -0.319 e. The van der Waals surface area contributed by atoms with Crippen molar-refractivity contribution in [3.05, 3.63) is 95.9 Å². The average molecular weight is 394 g/mol. The van der Waals surface area contributed by atoms with Gasteiger partial charge in [0.05, 0.1) is 11.2 Å². The highest BCUT2D eigenvalue weighted by Gasteiger charge is 2.26. The van der Waals surface area contributed by atoms with Gasteiger partial charge in [0, 0.05) is 23.8 Å². The number of para-hydroxylation sites is 2. The van der Waals surface area contributed by atoms with Crippen molar-refractivity contribution in [1.29, 1.82) is 0 Å². The predicted octanol–water partition coefficient (Wildman–Crippen LogP) is 4.09. The van der Waals surface area contributed by atoms with Crippen LogP contribution in [0.4, 0.5) is 11.4 Å². The van der Waals surface area contributed by atoms with Gasteiger partial charge in [0.1, 0.15) is 11.4 Å². The number of fused-ring (bicyclic) bond motifs is 2. The van der Waals surface area contributed by atoms with Gasteiger partial charge >= 0.3 is 0 Å². The van der Waals surface area contributed by atoms with Crippen LogP contribution in [0.5, 0.6) is 0 Å². The van der Waals surface area contributed by atoms with E-state index in [9.17, 15) is 9.59 Å². The lowest BCUT2D eigenvalue weighted by atomic mass is 10.2. The largest absolute Gasteiger partial charge is 0.319 e. The summed E-state index contributed by atoms with van der Waals surface area (Å²) in [5, 5.41) is 3.79. The zero-order chi connectivity index (χ0) is 20.5. The zero-order valence-electron chi connectivity index (χ0n) is 16.1. The van der Waals surface area contributed by atoms with Crippen LogP contribution >= 0.6 is 0 Å². The number of pyridine rings is 2. The summed E-state index contributed by atoms with van der Waals surface area (Å²) >= 11 is 0. The highest BCUT2D eigenvalue weighted by atomic mass is 16.2. The molecule has 30 heavy (non-hydrogen) atoms. The molecule has 6 heteroatoms. The van der Waals surface area contributed by atoms with E-state index in [1.54, 1.807) is 35.4 Å². The number of amides is 2. The Morgan fingerprint density at radius 2 is 1.67 bits per heavy atom. The predicted molar refractivity (Wildman–Crippen MR) is 116 cm³/mol. The van der Waals surface area contributed by atoms with E-state index in [1.165, 1.54) is 0 Å². The first-order valence-electron chi connectivity index (χ1n) is 9.72. The van der Waals surface area contributed by atoms with Crippen molar-refractivity contribution >= 4 is 34.1 Å². The molecule has 0 fully saturated rings. The minimum atomic E-state index is -0.385. The van der Waals surface area contributed by atoms with Gasteiger partial charge in [0.2, 0.25) is 0 Å². The molecule has 1 N–H and O–H groups in total. The normalized spacial score (nSPS) is 12.6. The molecule has 0 aliphatic carbocycles. The van der Waals surface area contributed by atoms with Crippen LogP contribution in [0.3, 0.4) is 0 Å². The first kappa shape index (κ1) is 18.0. The summed E-state index contributed by atoms with van der Waals surface area (Å²) in [6.45, 7) is 0.609. The summed E-state index contributed by atoms with van der Waals surface area (Å²) < 4.78 is 0. The first-order chi connectivity index (χ1) is 14.7. The highest BCUT2D eigenvalue weighted by molar-refractivity contribution is 6.09. The topological polar surface area (TPSA) is 75.2 Å². The Hall–Kier alpha value is -4.06. The fourth-order valence-electron chi connectivity index (χ4n) is 3.76. The summed E-state index contributed by atoms with van der Waals surface area (Å²) in [4.78, 5) is 36.3. The molecule has 5 rings (SSSR count). The molecule has 0 unspecified atom stereocenters. The lowest BCUT2D eigenvalue weighted by Gasteiger charge is -2.17. The third-order valence-electron chi connectivity index (χ3n) is 5.21. The third kappa shape index (κ3) is 3.18. The number of rotatable bonds is 3. The van der Waals surface area contributed by atoms with Gasteiger partial charge in [-0.15, -0.1) is 0 Å². The monoisotopic (exact) mass is 394 g/mol. The van der Waals surface area contributed by atoms with E-state index < -0.39 is 0 Å². The first-order valence-corrected chi connectivity index (χ1v) is 9.72. The molecule has 2 aromatic carbocycles. The Labute approximate surface area is 173 Å². The Morgan fingerprint density at radius 3 is 2.60 bits per heavy atom. The van der Waals surface area contributed by atoms with Gasteiger partial charge < -0.3 is 10.2 Å². The van der Waals surface area contributed by atoms with Crippen LogP contribution in [-0.2, 0) is 6.42 Å². The number of carbonyl (C=O) groups is 2. The minimum absolute atomic E-state index is 0.182. The number of nitrogens with zero attached hydrogens (tertiary/aromatic N) is 3. The van der Waals surface area contributed by atoms with Gasteiger partial charge in [0.15, 0.2) is 0 Å². The van der Waals surface area contributed by atoms with Gasteiger partial charge in [0.25, 0.3) is 11.8 Å². The fourth-order valence-corrected chi connectivity index (χ4v) is 3.76. The van der Waals surface area contributed by atoms with Gasteiger partial charge in [-0.05, 0) is 42.3 Å². The number of anilines is 2. The summed E-state index contributed by atoms with van der Waals surface area (Å²) in [5.41, 5.74) is 3.78. The molecular formula is C24H18N4O2. The van der Waals surface area contributed by atoms with E-state index in [2.05, 4.69) is 15.3 Å². The smallest absolute Gasteiger partial charge is 0.276 e. The molecule has 2 amide bonds. The second-order valence-electron chi connectivity index (χ2n) is 7.08. The molecule has 146 valence electrons. The van der Waals surface area contributed by atoms with Crippen molar-refractivity contribution < 1.29 is 9.59 Å². The Kier molecular flexibility index (Phi) is 4.44. The van der Waals surface area contributed by atoms with E-state index in [0.29, 0.717) is 17.7 Å². The maximum atomic E-state index is 13.0. The van der Waals surface area contributed by atoms with Gasteiger partial charge in [-0.25, -0.2) is 4.98 Å². The van der Waals surface area contributed by atoms with E-state index in [4.69, 9.17) is 0 Å². The van der Waals surface area contributed by atoms with E-state index in [-0.39, 0.29) is 23.2 Å². The standard InChI is InChI=1S/C24H18N4O2/c29-23(27-18-9-3-7-17-8-5-14-25-22(17)18)19-10-4-11-20(26-19)24(30)28-15-13-16-6-1-2-12-21(16)28/h1-12,14H,13,15H2,(H,27,29). The van der Waals surface area contributed by atoms with Crippen LogP contribution in [0, 0.1) is 0 Å². The van der Waals surface area contributed by atoms with E-state index in [0.717, 1.165) is 23.1 Å². The number of hydrogen-bond donors (Lipinski definition) is 1. The quantitative estimate of drug-likeness (QED) is 0.568. The maximum absolute atomic E-state index is 13.0. The van der Waals surface area contributed by atoms with Crippen LogP contribution in [0.15, 0.2) is 79.0 Å². The van der Waals surface area contributed by atoms with Crippen molar-refractivity contribution in [2.75, 3.05) is 16.8 Å². The summed E-state index contributed by atoms with van der Waals surface area (Å²) in [5.74, 6) is -0.592. The molecule has 0 spiro atoms. The molecule has 0 atom stereocenters.